The number of aliphatic hydroxyl groups is 1. The highest BCUT2D eigenvalue weighted by Crippen LogP contribution is 2.39. The zero-order chi connectivity index (χ0) is 25.4. The molecule has 5 heteroatoms. The minimum absolute atomic E-state index is 0.00406. The van der Waals surface area contributed by atoms with Crippen LogP contribution in [0.25, 0.3) is 0 Å². The normalized spacial score (nSPS) is 21.5. The SMILES string of the molecule is CCC(C)(C)c1ccc(OCC(O)CN2C[C@@H]3C[C@H](C2)c2cccc(=O)n2C3)c(C(C)(C)CC)c1. The first-order valence-corrected chi connectivity index (χ1v) is 13.4. The van der Waals surface area contributed by atoms with Gasteiger partial charge in [0.25, 0.3) is 5.56 Å². The van der Waals surface area contributed by atoms with E-state index in [1.165, 1.54) is 11.1 Å². The van der Waals surface area contributed by atoms with E-state index in [0.29, 0.717) is 18.4 Å². The van der Waals surface area contributed by atoms with Gasteiger partial charge in [0.2, 0.25) is 0 Å². The molecule has 0 radical (unpaired) electrons. The molecule has 0 amide bonds. The summed E-state index contributed by atoms with van der Waals surface area (Å²) in [5, 5.41) is 10.9. The van der Waals surface area contributed by atoms with Crippen LogP contribution < -0.4 is 10.3 Å². The maximum absolute atomic E-state index is 12.3. The van der Waals surface area contributed by atoms with Gasteiger partial charge in [-0.2, -0.15) is 0 Å². The summed E-state index contributed by atoms with van der Waals surface area (Å²) in [6.07, 6.45) is 2.66. The van der Waals surface area contributed by atoms with Gasteiger partial charge in [-0.25, -0.2) is 0 Å². The number of piperidine rings is 1. The van der Waals surface area contributed by atoms with Crippen molar-refractivity contribution in [2.75, 3.05) is 26.2 Å². The maximum Gasteiger partial charge on any atom is 0.250 e. The summed E-state index contributed by atoms with van der Waals surface area (Å²) in [6.45, 7) is 17.0. The van der Waals surface area contributed by atoms with E-state index in [1.807, 2.05) is 10.6 Å². The lowest BCUT2D eigenvalue weighted by atomic mass is 9.76. The van der Waals surface area contributed by atoms with Gasteiger partial charge in [-0.15, -0.1) is 0 Å². The molecule has 1 N–H and O–H groups in total. The summed E-state index contributed by atoms with van der Waals surface area (Å²) in [7, 11) is 0. The topological polar surface area (TPSA) is 54.7 Å². The lowest BCUT2D eigenvalue weighted by molar-refractivity contribution is 0.0380. The fourth-order valence-corrected chi connectivity index (χ4v) is 5.68. The highest BCUT2D eigenvalue weighted by atomic mass is 16.5. The van der Waals surface area contributed by atoms with Gasteiger partial charge in [0.15, 0.2) is 0 Å². The van der Waals surface area contributed by atoms with E-state index < -0.39 is 6.10 Å². The van der Waals surface area contributed by atoms with Crippen LogP contribution in [0, 0.1) is 5.92 Å². The molecule has 3 atom stereocenters. The second-order valence-corrected chi connectivity index (χ2v) is 12.1. The molecule has 192 valence electrons. The lowest BCUT2D eigenvalue weighted by Gasteiger charge is -2.43. The zero-order valence-electron chi connectivity index (χ0n) is 22.5. The Balaban J connectivity index is 1.43. The molecule has 2 aromatic rings. The van der Waals surface area contributed by atoms with Crippen LogP contribution in [-0.2, 0) is 17.4 Å². The average molecular weight is 481 g/mol. The second-order valence-electron chi connectivity index (χ2n) is 12.1. The molecule has 1 aromatic carbocycles. The molecule has 4 rings (SSSR count). The monoisotopic (exact) mass is 480 g/mol. The first-order valence-electron chi connectivity index (χ1n) is 13.4. The quantitative estimate of drug-likeness (QED) is 0.544. The number of hydrogen-bond acceptors (Lipinski definition) is 4. The van der Waals surface area contributed by atoms with E-state index in [-0.39, 0.29) is 23.0 Å². The number of hydrogen-bond donors (Lipinski definition) is 1. The first-order chi connectivity index (χ1) is 16.5. The Kier molecular flexibility index (Phi) is 7.49. The number of rotatable bonds is 9. The first kappa shape index (κ1) is 26.0. The Morgan fingerprint density at radius 2 is 1.77 bits per heavy atom. The van der Waals surface area contributed by atoms with Crippen LogP contribution in [0.1, 0.15) is 83.5 Å². The molecule has 2 bridgehead atoms. The summed E-state index contributed by atoms with van der Waals surface area (Å²) >= 11 is 0. The number of ether oxygens (including phenoxy) is 1. The smallest absolute Gasteiger partial charge is 0.250 e. The number of aliphatic hydroxyl groups excluding tert-OH is 1. The van der Waals surface area contributed by atoms with Gasteiger partial charge in [-0.3, -0.25) is 9.69 Å². The van der Waals surface area contributed by atoms with Crippen molar-refractivity contribution in [3.05, 3.63) is 63.6 Å². The molecule has 3 heterocycles. The van der Waals surface area contributed by atoms with Crippen LogP contribution in [-0.4, -0.2) is 46.9 Å². The van der Waals surface area contributed by atoms with Gasteiger partial charge in [-0.1, -0.05) is 59.7 Å². The van der Waals surface area contributed by atoms with Crippen molar-refractivity contribution in [2.24, 2.45) is 5.92 Å². The Morgan fingerprint density at radius 1 is 1.03 bits per heavy atom. The number of fused-ring (bicyclic) bond motifs is 4. The molecule has 1 fully saturated rings. The fourth-order valence-electron chi connectivity index (χ4n) is 5.68. The van der Waals surface area contributed by atoms with Crippen LogP contribution in [0.15, 0.2) is 41.2 Å². The van der Waals surface area contributed by atoms with Crippen molar-refractivity contribution in [1.82, 2.24) is 9.47 Å². The van der Waals surface area contributed by atoms with Gasteiger partial charge in [-0.05, 0) is 53.7 Å². The number of β-amino-alcohol motifs (C(OH)–C–C–N with tert-alkyl or cyclic N) is 1. The number of likely N-dealkylation sites (tertiary alicyclic amines) is 1. The molecule has 2 aliphatic rings. The molecular weight excluding hydrogens is 436 g/mol. The van der Waals surface area contributed by atoms with Gasteiger partial charge in [0, 0.05) is 49.4 Å². The van der Waals surface area contributed by atoms with Gasteiger partial charge >= 0.3 is 0 Å². The molecule has 1 saturated heterocycles. The molecule has 1 aromatic heterocycles. The van der Waals surface area contributed by atoms with Crippen molar-refractivity contribution in [3.63, 3.8) is 0 Å². The van der Waals surface area contributed by atoms with Crippen molar-refractivity contribution in [1.29, 1.82) is 0 Å². The fraction of sp³-hybridized carbons (Fsp3) is 0.633. The molecular formula is C30H44N2O3. The van der Waals surface area contributed by atoms with Crippen LogP contribution in [0.2, 0.25) is 0 Å². The number of benzene rings is 1. The predicted molar refractivity (Wildman–Crippen MR) is 143 cm³/mol. The maximum atomic E-state index is 12.3. The van der Waals surface area contributed by atoms with Gasteiger partial charge in [0.1, 0.15) is 18.5 Å². The van der Waals surface area contributed by atoms with Crippen molar-refractivity contribution in [3.8, 4) is 5.75 Å². The van der Waals surface area contributed by atoms with Crippen LogP contribution in [0.4, 0.5) is 0 Å². The van der Waals surface area contributed by atoms with E-state index >= 15 is 0 Å². The van der Waals surface area contributed by atoms with Crippen molar-refractivity contribution in [2.45, 2.75) is 90.2 Å². The third-order valence-electron chi connectivity index (χ3n) is 8.71. The molecule has 2 aliphatic heterocycles. The summed E-state index contributed by atoms with van der Waals surface area (Å²) < 4.78 is 8.23. The Morgan fingerprint density at radius 3 is 2.49 bits per heavy atom. The largest absolute Gasteiger partial charge is 0.491 e. The third-order valence-corrected chi connectivity index (χ3v) is 8.71. The average Bonchev–Trinajstić information content (AvgIpc) is 2.83. The zero-order valence-corrected chi connectivity index (χ0v) is 22.5. The second kappa shape index (κ2) is 10.1. The molecule has 35 heavy (non-hydrogen) atoms. The van der Waals surface area contributed by atoms with E-state index in [2.05, 4.69) is 70.7 Å². The predicted octanol–water partition coefficient (Wildman–Crippen LogP) is 5.08. The van der Waals surface area contributed by atoms with E-state index in [9.17, 15) is 9.90 Å². The highest BCUT2D eigenvalue weighted by molar-refractivity contribution is 5.44. The van der Waals surface area contributed by atoms with E-state index in [0.717, 1.165) is 50.3 Å². The Labute approximate surface area is 211 Å². The Bertz CT molecular complexity index is 1090. The molecule has 1 unspecified atom stereocenters. The van der Waals surface area contributed by atoms with Crippen LogP contribution in [0.3, 0.4) is 0 Å². The molecule has 0 aliphatic carbocycles. The molecule has 0 saturated carbocycles. The highest BCUT2D eigenvalue weighted by Gasteiger charge is 2.35. The van der Waals surface area contributed by atoms with Gasteiger partial charge < -0.3 is 14.4 Å². The third kappa shape index (κ3) is 5.51. The van der Waals surface area contributed by atoms with Gasteiger partial charge in [0.05, 0.1) is 0 Å². The van der Waals surface area contributed by atoms with Crippen LogP contribution in [0.5, 0.6) is 5.75 Å². The lowest BCUT2D eigenvalue weighted by Crippen LogP contribution is -2.49. The minimum Gasteiger partial charge on any atom is -0.491 e. The molecule has 0 spiro atoms. The number of nitrogens with zero attached hydrogens (tertiary/aromatic N) is 2. The molecule has 5 nitrogen and oxygen atoms in total. The summed E-state index contributed by atoms with van der Waals surface area (Å²) in [5.41, 5.74) is 3.93. The summed E-state index contributed by atoms with van der Waals surface area (Å²) in [4.78, 5) is 14.6. The standard InChI is InChI=1S/C30H44N2O3/c1-7-29(3,4)23-12-13-27(25(15-23)30(5,6)8-2)35-20-24(33)19-31-16-21-14-22(18-31)26-10-9-11-28(34)32(26)17-21/h9-13,15,21-22,24,33H,7-8,14,16-20H2,1-6H3/t21-,22+,24?/m0/s1. The van der Waals surface area contributed by atoms with E-state index in [1.54, 1.807) is 6.07 Å². The van der Waals surface area contributed by atoms with Crippen molar-refractivity contribution < 1.29 is 9.84 Å². The van der Waals surface area contributed by atoms with Crippen molar-refractivity contribution >= 4 is 0 Å². The summed E-state index contributed by atoms with van der Waals surface area (Å²) in [6, 6.07) is 12.2. The summed E-state index contributed by atoms with van der Waals surface area (Å²) in [5.74, 6) is 1.70. The van der Waals surface area contributed by atoms with E-state index in [4.69, 9.17) is 4.74 Å². The van der Waals surface area contributed by atoms with Crippen LogP contribution >= 0.6 is 0 Å². The minimum atomic E-state index is -0.559. The Hall–Kier alpha value is -2.11. The number of aromatic nitrogens is 1. The number of pyridine rings is 1.